The molecule has 0 bridgehead atoms. The number of ether oxygens (including phenoxy) is 2. The molecule has 3 nitrogen and oxygen atoms in total. The topological polar surface area (TPSA) is 35.5 Å². The summed E-state index contributed by atoms with van der Waals surface area (Å²) in [5, 5.41) is 0. The zero-order chi connectivity index (χ0) is 10.5. The van der Waals surface area contributed by atoms with Gasteiger partial charge < -0.3 is 9.47 Å². The summed E-state index contributed by atoms with van der Waals surface area (Å²) in [6.07, 6.45) is 2.96. The minimum Gasteiger partial charge on any atom is -0.493 e. The molecule has 15 heavy (non-hydrogen) atoms. The Morgan fingerprint density at radius 3 is 2.53 bits per heavy atom. The van der Waals surface area contributed by atoms with Gasteiger partial charge in [-0.05, 0) is 31.4 Å². The molecular formula is C12H14O3. The molecule has 0 aromatic heterocycles. The smallest absolute Gasteiger partial charge is 0.341 e. The highest BCUT2D eigenvalue weighted by atomic mass is 16.5. The van der Waals surface area contributed by atoms with Gasteiger partial charge in [0.25, 0.3) is 0 Å². The summed E-state index contributed by atoms with van der Waals surface area (Å²) in [7, 11) is 0. The summed E-state index contributed by atoms with van der Waals surface area (Å²) in [5.41, 5.74) is 0.527. The van der Waals surface area contributed by atoms with Crippen LogP contribution in [0.3, 0.4) is 0 Å². The van der Waals surface area contributed by atoms with Gasteiger partial charge in [0.15, 0.2) is 0 Å². The number of fused-ring (bicyclic) bond motifs is 1. The van der Waals surface area contributed by atoms with E-state index in [1.807, 2.05) is 12.1 Å². The summed E-state index contributed by atoms with van der Waals surface area (Å²) in [5.74, 6) is 0.344. The molecule has 0 amide bonds. The zero-order valence-corrected chi connectivity index (χ0v) is 8.57. The van der Waals surface area contributed by atoms with Crippen molar-refractivity contribution in [3.8, 4) is 5.75 Å². The molecule has 0 atom stereocenters. The lowest BCUT2D eigenvalue weighted by molar-refractivity contribution is 0.0486. The van der Waals surface area contributed by atoms with Gasteiger partial charge in [0.2, 0.25) is 0 Å². The molecule has 0 fully saturated rings. The highest BCUT2D eigenvalue weighted by molar-refractivity contribution is 5.92. The normalized spacial score (nSPS) is 17.2. The van der Waals surface area contributed by atoms with Gasteiger partial charge in [0.1, 0.15) is 11.3 Å². The van der Waals surface area contributed by atoms with Crippen molar-refractivity contribution in [1.82, 2.24) is 0 Å². The van der Waals surface area contributed by atoms with E-state index in [1.165, 1.54) is 0 Å². The molecule has 1 aromatic carbocycles. The molecule has 3 heteroatoms. The molecule has 1 aliphatic rings. The summed E-state index contributed by atoms with van der Waals surface area (Å²) in [4.78, 5) is 11.6. The van der Waals surface area contributed by atoms with Crippen molar-refractivity contribution in [3.05, 3.63) is 29.8 Å². The first-order chi connectivity index (χ1) is 7.38. The van der Waals surface area contributed by atoms with Crippen molar-refractivity contribution in [2.45, 2.75) is 19.3 Å². The molecule has 0 unspecified atom stereocenters. The molecule has 2 rings (SSSR count). The number of hydrogen-bond acceptors (Lipinski definition) is 3. The lowest BCUT2D eigenvalue weighted by Crippen LogP contribution is -2.11. The maximum Gasteiger partial charge on any atom is 0.341 e. The van der Waals surface area contributed by atoms with E-state index in [4.69, 9.17) is 9.47 Å². The predicted molar refractivity (Wildman–Crippen MR) is 56.1 cm³/mol. The third kappa shape index (κ3) is 2.49. The first-order valence-corrected chi connectivity index (χ1v) is 5.27. The molecule has 1 heterocycles. The largest absolute Gasteiger partial charge is 0.493 e. The highest BCUT2D eigenvalue weighted by Crippen LogP contribution is 2.20. The second-order valence-electron chi connectivity index (χ2n) is 3.54. The Morgan fingerprint density at radius 2 is 1.67 bits per heavy atom. The molecule has 1 aromatic rings. The van der Waals surface area contributed by atoms with Crippen LogP contribution in [0.2, 0.25) is 0 Å². The second-order valence-corrected chi connectivity index (χ2v) is 3.54. The van der Waals surface area contributed by atoms with E-state index < -0.39 is 0 Å². The van der Waals surface area contributed by atoms with Crippen LogP contribution in [0, 0.1) is 0 Å². The number of para-hydroxylation sites is 1. The van der Waals surface area contributed by atoms with Gasteiger partial charge in [-0.25, -0.2) is 4.79 Å². The first-order valence-electron chi connectivity index (χ1n) is 5.27. The summed E-state index contributed by atoms with van der Waals surface area (Å²) in [6, 6.07) is 7.21. The number of carbonyl (C=O) groups is 1. The number of benzene rings is 1. The van der Waals surface area contributed by atoms with Crippen LogP contribution in [0.25, 0.3) is 0 Å². The fourth-order valence-corrected chi connectivity index (χ4v) is 1.57. The lowest BCUT2D eigenvalue weighted by Gasteiger charge is -2.13. The van der Waals surface area contributed by atoms with Crippen LogP contribution in [-0.2, 0) is 4.74 Å². The minimum absolute atomic E-state index is 0.285. The predicted octanol–water partition coefficient (Wildman–Crippen LogP) is 2.41. The van der Waals surface area contributed by atoms with Crippen LogP contribution in [0.4, 0.5) is 0 Å². The van der Waals surface area contributed by atoms with Crippen LogP contribution in [0.1, 0.15) is 29.6 Å². The fraction of sp³-hybridized carbons (Fsp3) is 0.417. The summed E-state index contributed by atoms with van der Waals surface area (Å²) in [6.45, 7) is 1.18. The SMILES string of the molecule is O=C1OCCCCCOc2ccccc21. The van der Waals surface area contributed by atoms with Gasteiger partial charge >= 0.3 is 5.97 Å². The minimum atomic E-state index is -0.285. The molecule has 0 aliphatic carbocycles. The van der Waals surface area contributed by atoms with Crippen LogP contribution >= 0.6 is 0 Å². The Morgan fingerprint density at radius 1 is 0.933 bits per heavy atom. The molecule has 80 valence electrons. The third-order valence-electron chi connectivity index (χ3n) is 2.39. The van der Waals surface area contributed by atoms with Crippen LogP contribution in [-0.4, -0.2) is 19.2 Å². The maximum absolute atomic E-state index is 11.6. The average molecular weight is 206 g/mol. The van der Waals surface area contributed by atoms with Gasteiger partial charge in [-0.3, -0.25) is 0 Å². The molecule has 1 aliphatic heterocycles. The summed E-state index contributed by atoms with van der Waals surface area (Å²) >= 11 is 0. The van der Waals surface area contributed by atoms with E-state index in [1.54, 1.807) is 12.1 Å². The highest BCUT2D eigenvalue weighted by Gasteiger charge is 2.14. The van der Waals surface area contributed by atoms with E-state index in [2.05, 4.69) is 0 Å². The Hall–Kier alpha value is -1.51. The standard InChI is InChI=1S/C12H14O3/c13-12-10-6-2-3-7-11(10)14-8-4-1-5-9-15-12/h2-3,6-7H,1,4-5,8-9H2. The molecule has 0 spiro atoms. The van der Waals surface area contributed by atoms with Crippen molar-refractivity contribution >= 4 is 5.97 Å². The molecule has 0 saturated carbocycles. The third-order valence-corrected chi connectivity index (χ3v) is 2.39. The van der Waals surface area contributed by atoms with Crippen molar-refractivity contribution < 1.29 is 14.3 Å². The Bertz CT molecular complexity index is 346. The van der Waals surface area contributed by atoms with Crippen molar-refractivity contribution in [2.75, 3.05) is 13.2 Å². The summed E-state index contributed by atoms with van der Waals surface area (Å²) < 4.78 is 10.7. The van der Waals surface area contributed by atoms with E-state index in [9.17, 15) is 4.79 Å². The van der Waals surface area contributed by atoms with Crippen LogP contribution in [0.5, 0.6) is 5.75 Å². The van der Waals surface area contributed by atoms with E-state index in [0.29, 0.717) is 24.5 Å². The molecular weight excluding hydrogens is 192 g/mol. The van der Waals surface area contributed by atoms with Crippen molar-refractivity contribution in [3.63, 3.8) is 0 Å². The Labute approximate surface area is 89.0 Å². The number of hydrogen-bond donors (Lipinski definition) is 0. The number of rotatable bonds is 0. The van der Waals surface area contributed by atoms with Crippen molar-refractivity contribution in [2.24, 2.45) is 0 Å². The molecule has 0 radical (unpaired) electrons. The average Bonchev–Trinajstić information content (AvgIpc) is 2.28. The monoisotopic (exact) mass is 206 g/mol. The Kier molecular flexibility index (Phi) is 3.22. The van der Waals surface area contributed by atoms with E-state index in [-0.39, 0.29) is 5.97 Å². The molecule has 0 saturated heterocycles. The first kappa shape index (κ1) is 10.0. The maximum atomic E-state index is 11.6. The van der Waals surface area contributed by atoms with Crippen LogP contribution in [0.15, 0.2) is 24.3 Å². The Balaban J connectivity index is 2.23. The van der Waals surface area contributed by atoms with Gasteiger partial charge in [-0.15, -0.1) is 0 Å². The number of carbonyl (C=O) groups excluding carboxylic acids is 1. The molecule has 0 N–H and O–H groups in total. The van der Waals surface area contributed by atoms with E-state index in [0.717, 1.165) is 19.3 Å². The zero-order valence-electron chi connectivity index (χ0n) is 8.57. The quantitative estimate of drug-likeness (QED) is 0.611. The van der Waals surface area contributed by atoms with Gasteiger partial charge in [-0.1, -0.05) is 12.1 Å². The second kappa shape index (κ2) is 4.82. The van der Waals surface area contributed by atoms with E-state index >= 15 is 0 Å². The van der Waals surface area contributed by atoms with Crippen molar-refractivity contribution in [1.29, 1.82) is 0 Å². The van der Waals surface area contributed by atoms with Gasteiger partial charge in [0, 0.05) is 0 Å². The number of cyclic esters (lactones) is 1. The van der Waals surface area contributed by atoms with Gasteiger partial charge in [-0.2, -0.15) is 0 Å². The fourth-order valence-electron chi connectivity index (χ4n) is 1.57. The lowest BCUT2D eigenvalue weighted by atomic mass is 10.2. The number of esters is 1. The van der Waals surface area contributed by atoms with Crippen LogP contribution < -0.4 is 4.74 Å². The van der Waals surface area contributed by atoms with Gasteiger partial charge in [0.05, 0.1) is 13.2 Å².